The van der Waals surface area contributed by atoms with Gasteiger partial charge in [-0.1, -0.05) is 42.5 Å². The van der Waals surface area contributed by atoms with Crippen LogP contribution in [0.3, 0.4) is 0 Å². The highest BCUT2D eigenvalue weighted by Crippen LogP contribution is 2.32. The minimum Gasteiger partial charge on any atom is -0.496 e. The highest BCUT2D eigenvalue weighted by atomic mass is 16.5. The van der Waals surface area contributed by atoms with E-state index in [1.54, 1.807) is 26.4 Å². The lowest BCUT2D eigenvalue weighted by Crippen LogP contribution is -2.08. The summed E-state index contributed by atoms with van der Waals surface area (Å²) >= 11 is 0. The molecule has 0 radical (unpaired) electrons. The summed E-state index contributed by atoms with van der Waals surface area (Å²) in [4.78, 5) is 12.6. The van der Waals surface area contributed by atoms with Crippen molar-refractivity contribution in [2.24, 2.45) is 0 Å². The largest absolute Gasteiger partial charge is 0.496 e. The Balaban J connectivity index is 1.40. The summed E-state index contributed by atoms with van der Waals surface area (Å²) in [6, 6.07) is 21.0. The van der Waals surface area contributed by atoms with E-state index in [-0.39, 0.29) is 5.91 Å². The number of nitrogens with one attached hydrogen (secondary N) is 1. The van der Waals surface area contributed by atoms with Gasteiger partial charge in [0.2, 0.25) is 5.91 Å². The molecule has 0 aliphatic carbocycles. The number of rotatable bonds is 9. The molecule has 184 valence electrons. The van der Waals surface area contributed by atoms with Crippen LogP contribution in [0.5, 0.6) is 17.2 Å². The van der Waals surface area contributed by atoms with Crippen molar-refractivity contribution in [1.29, 1.82) is 0 Å². The molecule has 1 aliphatic rings. The Hall–Kier alpha value is -4.45. The summed E-state index contributed by atoms with van der Waals surface area (Å²) in [7, 11) is 3.20. The summed E-state index contributed by atoms with van der Waals surface area (Å²) in [5.74, 6) is 2.52. The van der Waals surface area contributed by atoms with Gasteiger partial charge in [-0.15, -0.1) is 0 Å². The minimum absolute atomic E-state index is 0.257. The molecule has 6 heteroatoms. The van der Waals surface area contributed by atoms with E-state index >= 15 is 0 Å². The van der Waals surface area contributed by atoms with E-state index in [2.05, 4.69) is 5.32 Å². The third-order valence-electron chi connectivity index (χ3n) is 5.64. The van der Waals surface area contributed by atoms with E-state index in [4.69, 9.17) is 18.9 Å². The number of allylic oxidation sites excluding steroid dienone is 3. The first kappa shape index (κ1) is 24.7. The molecular weight excluding hydrogens is 454 g/mol. The monoisotopic (exact) mass is 483 g/mol. The summed E-state index contributed by atoms with van der Waals surface area (Å²) in [6.07, 6.45) is 7.15. The first-order valence-electron chi connectivity index (χ1n) is 11.6. The highest BCUT2D eigenvalue weighted by molar-refractivity contribution is 6.02. The van der Waals surface area contributed by atoms with Crippen LogP contribution in [0.4, 0.5) is 5.69 Å². The second-order valence-electron chi connectivity index (χ2n) is 8.18. The zero-order valence-corrected chi connectivity index (χ0v) is 20.6. The fourth-order valence-corrected chi connectivity index (χ4v) is 3.71. The molecule has 1 heterocycles. The first-order valence-corrected chi connectivity index (χ1v) is 11.6. The number of anilines is 1. The van der Waals surface area contributed by atoms with Gasteiger partial charge >= 0.3 is 0 Å². The van der Waals surface area contributed by atoms with Gasteiger partial charge in [0.25, 0.3) is 0 Å². The van der Waals surface area contributed by atoms with Gasteiger partial charge in [0, 0.05) is 29.0 Å². The van der Waals surface area contributed by atoms with Gasteiger partial charge in [0.1, 0.15) is 19.0 Å². The second-order valence-corrected chi connectivity index (χ2v) is 8.18. The lowest BCUT2D eigenvalue weighted by Gasteiger charge is -2.17. The maximum atomic E-state index is 12.6. The summed E-state index contributed by atoms with van der Waals surface area (Å²) in [5.41, 5.74) is 4.46. The first-order chi connectivity index (χ1) is 17.6. The molecule has 0 unspecified atom stereocenters. The maximum absolute atomic E-state index is 12.6. The molecule has 1 N–H and O–H groups in total. The predicted octanol–water partition coefficient (Wildman–Crippen LogP) is 6.25. The lowest BCUT2D eigenvalue weighted by atomic mass is 10.0. The standard InChI is InChI=1S/C30H29NO5/c1-21-9-12-24(20-35-21)26-14-13-25(18-28(26)33-2)31-30(32)16-11-22-10-15-27(29(17-22)34-3)36-19-23-7-5-4-6-8-23/h4-18H,19-20H2,1-3H3,(H,31,32)/b16-11+. The molecule has 0 aromatic heterocycles. The van der Waals surface area contributed by atoms with Crippen LogP contribution < -0.4 is 19.5 Å². The van der Waals surface area contributed by atoms with Crippen molar-refractivity contribution in [3.63, 3.8) is 0 Å². The third-order valence-corrected chi connectivity index (χ3v) is 5.64. The van der Waals surface area contributed by atoms with Crippen molar-refractivity contribution in [3.05, 3.63) is 107 Å². The Labute approximate surface area is 211 Å². The molecule has 36 heavy (non-hydrogen) atoms. The van der Waals surface area contributed by atoms with E-state index in [0.29, 0.717) is 36.1 Å². The molecule has 3 aromatic carbocycles. The molecule has 0 spiro atoms. The van der Waals surface area contributed by atoms with E-state index in [1.165, 1.54) is 6.08 Å². The quantitative estimate of drug-likeness (QED) is 0.364. The number of methoxy groups -OCH3 is 2. The molecular formula is C30H29NO5. The normalized spacial score (nSPS) is 12.9. The topological polar surface area (TPSA) is 66.0 Å². The highest BCUT2D eigenvalue weighted by Gasteiger charge is 2.13. The number of carbonyl (C=O) groups is 1. The van der Waals surface area contributed by atoms with E-state index < -0.39 is 0 Å². The van der Waals surface area contributed by atoms with Crippen molar-refractivity contribution in [3.8, 4) is 17.2 Å². The molecule has 1 amide bonds. The average Bonchev–Trinajstić information content (AvgIpc) is 2.92. The predicted molar refractivity (Wildman–Crippen MR) is 142 cm³/mol. The van der Waals surface area contributed by atoms with Gasteiger partial charge in [0.05, 0.1) is 20.0 Å². The maximum Gasteiger partial charge on any atom is 0.248 e. The van der Waals surface area contributed by atoms with Crippen molar-refractivity contribution >= 4 is 23.2 Å². The Morgan fingerprint density at radius 2 is 1.75 bits per heavy atom. The number of benzene rings is 3. The fraction of sp³-hybridized carbons (Fsp3) is 0.167. The van der Waals surface area contributed by atoms with Crippen LogP contribution in [-0.4, -0.2) is 26.7 Å². The minimum atomic E-state index is -0.257. The van der Waals surface area contributed by atoms with Crippen LogP contribution in [0.1, 0.15) is 23.6 Å². The molecule has 6 nitrogen and oxygen atoms in total. The molecule has 4 rings (SSSR count). The Morgan fingerprint density at radius 3 is 2.47 bits per heavy atom. The van der Waals surface area contributed by atoms with Gasteiger partial charge in [-0.2, -0.15) is 0 Å². The van der Waals surface area contributed by atoms with Crippen LogP contribution in [0, 0.1) is 0 Å². The van der Waals surface area contributed by atoms with Crippen molar-refractivity contribution in [1.82, 2.24) is 0 Å². The molecule has 0 saturated carbocycles. The fourth-order valence-electron chi connectivity index (χ4n) is 3.71. The molecule has 1 aliphatic heterocycles. The van der Waals surface area contributed by atoms with Crippen LogP contribution >= 0.6 is 0 Å². The molecule has 0 bridgehead atoms. The number of hydrogen-bond acceptors (Lipinski definition) is 5. The Bertz CT molecular complexity index is 1310. The van der Waals surface area contributed by atoms with Crippen molar-refractivity contribution < 1.29 is 23.7 Å². The SMILES string of the molecule is COc1cc(/C=C/C(=O)Nc2ccc(C3=CC=C(C)OC3)c(OC)c2)ccc1OCc1ccccc1. The zero-order valence-electron chi connectivity index (χ0n) is 20.6. The van der Waals surface area contributed by atoms with Gasteiger partial charge in [0.15, 0.2) is 11.5 Å². The summed E-state index contributed by atoms with van der Waals surface area (Å²) in [5, 5.41) is 2.88. The summed E-state index contributed by atoms with van der Waals surface area (Å²) < 4.78 is 22.5. The average molecular weight is 484 g/mol. The lowest BCUT2D eigenvalue weighted by molar-refractivity contribution is -0.111. The smallest absolute Gasteiger partial charge is 0.248 e. The molecule has 0 atom stereocenters. The second kappa shape index (κ2) is 11.8. The van der Waals surface area contributed by atoms with Crippen LogP contribution in [-0.2, 0) is 16.1 Å². The Morgan fingerprint density at radius 1 is 0.944 bits per heavy atom. The van der Waals surface area contributed by atoms with Crippen molar-refractivity contribution in [2.45, 2.75) is 13.5 Å². The number of carbonyl (C=O) groups excluding carboxylic acids is 1. The van der Waals surface area contributed by atoms with Crippen molar-refractivity contribution in [2.75, 3.05) is 26.1 Å². The third kappa shape index (κ3) is 6.36. The number of ether oxygens (including phenoxy) is 4. The van der Waals surface area contributed by atoms with E-state index in [9.17, 15) is 4.79 Å². The van der Waals surface area contributed by atoms with E-state index in [0.717, 1.165) is 28.0 Å². The van der Waals surface area contributed by atoms with Crippen LogP contribution in [0.2, 0.25) is 0 Å². The number of hydrogen-bond donors (Lipinski definition) is 1. The molecule has 0 saturated heterocycles. The molecule has 0 fully saturated rings. The van der Waals surface area contributed by atoms with Gasteiger partial charge < -0.3 is 24.3 Å². The number of amides is 1. The van der Waals surface area contributed by atoms with Crippen LogP contribution in [0.15, 0.2) is 90.7 Å². The van der Waals surface area contributed by atoms with Gasteiger partial charge in [-0.25, -0.2) is 0 Å². The van der Waals surface area contributed by atoms with Crippen LogP contribution in [0.25, 0.3) is 11.6 Å². The summed E-state index contributed by atoms with van der Waals surface area (Å²) in [6.45, 7) is 2.84. The van der Waals surface area contributed by atoms with Gasteiger partial charge in [-0.05, 0) is 54.5 Å². The zero-order chi connectivity index (χ0) is 25.3. The van der Waals surface area contributed by atoms with Gasteiger partial charge in [-0.3, -0.25) is 4.79 Å². The Kier molecular flexibility index (Phi) is 8.08. The molecule has 3 aromatic rings. The van der Waals surface area contributed by atoms with E-state index in [1.807, 2.05) is 79.7 Å².